The Labute approximate surface area is 99.0 Å². The number of rotatable bonds is 7. The summed E-state index contributed by atoms with van der Waals surface area (Å²) in [5, 5.41) is 0. The molecular formula is C11H17BrN2O. The number of carbonyl (C=O) groups excluding carboxylic acids is 1. The van der Waals surface area contributed by atoms with Gasteiger partial charge in [-0.3, -0.25) is 4.79 Å². The lowest BCUT2D eigenvalue weighted by Crippen LogP contribution is -2.06. The van der Waals surface area contributed by atoms with Gasteiger partial charge in [-0.15, -0.1) is 0 Å². The summed E-state index contributed by atoms with van der Waals surface area (Å²) in [5.41, 5.74) is 0. The van der Waals surface area contributed by atoms with E-state index in [0.29, 0.717) is 6.42 Å². The van der Waals surface area contributed by atoms with Gasteiger partial charge in [0, 0.05) is 18.9 Å². The second-order valence-electron chi connectivity index (χ2n) is 3.63. The molecule has 0 atom stereocenters. The van der Waals surface area contributed by atoms with Gasteiger partial charge in [-0.05, 0) is 22.4 Å². The molecule has 0 N–H and O–H groups in total. The average Bonchev–Trinajstić information content (AvgIpc) is 2.59. The van der Waals surface area contributed by atoms with E-state index in [9.17, 15) is 4.79 Å². The molecule has 0 amide bonds. The van der Waals surface area contributed by atoms with E-state index in [-0.39, 0.29) is 4.69 Å². The molecule has 1 rings (SSSR count). The maximum absolute atomic E-state index is 10.9. The average molecular weight is 273 g/mol. The number of aryl methyl sites for hydroxylation is 1. The highest BCUT2D eigenvalue weighted by molar-refractivity contribution is 9.18. The van der Waals surface area contributed by atoms with Crippen LogP contribution >= 0.6 is 15.9 Å². The van der Waals surface area contributed by atoms with Gasteiger partial charge in [0.1, 0.15) is 5.82 Å². The lowest BCUT2D eigenvalue weighted by molar-refractivity contribution is -0.109. The molecule has 0 aliphatic heterocycles. The molecule has 0 unspecified atom stereocenters. The molecule has 0 spiro atoms. The Hall–Kier alpha value is -0.640. The third-order valence-electron chi connectivity index (χ3n) is 2.35. The molecule has 15 heavy (non-hydrogen) atoms. The molecule has 84 valence electrons. The summed E-state index contributed by atoms with van der Waals surface area (Å²) < 4.78 is 2.05. The minimum atomic E-state index is -0.0106. The predicted octanol–water partition coefficient (Wildman–Crippen LogP) is 2.93. The van der Waals surface area contributed by atoms with E-state index in [1.54, 1.807) is 6.20 Å². The maximum atomic E-state index is 10.9. The van der Waals surface area contributed by atoms with Gasteiger partial charge < -0.3 is 4.57 Å². The normalized spacial score (nSPS) is 10.5. The van der Waals surface area contributed by atoms with Crippen molar-refractivity contribution in [2.24, 2.45) is 0 Å². The molecule has 1 aromatic heterocycles. The van der Waals surface area contributed by atoms with Gasteiger partial charge in [-0.1, -0.05) is 26.2 Å². The fourth-order valence-corrected chi connectivity index (χ4v) is 1.79. The molecule has 0 saturated heterocycles. The van der Waals surface area contributed by atoms with Crippen LogP contribution in [0.1, 0.15) is 38.4 Å². The monoisotopic (exact) mass is 272 g/mol. The molecule has 0 aliphatic carbocycles. The van der Waals surface area contributed by atoms with E-state index >= 15 is 0 Å². The van der Waals surface area contributed by atoms with Gasteiger partial charge in [0.15, 0.2) is 0 Å². The SMILES string of the molecule is CCCCCCn1ccnc1CC(=O)Br. The first-order valence-corrected chi connectivity index (χ1v) is 6.21. The zero-order valence-corrected chi connectivity index (χ0v) is 10.7. The number of carbonyl (C=O) groups is 1. The second kappa shape index (κ2) is 6.77. The van der Waals surface area contributed by atoms with Crippen molar-refractivity contribution in [2.75, 3.05) is 0 Å². The van der Waals surface area contributed by atoms with Gasteiger partial charge in [0.2, 0.25) is 4.69 Å². The van der Waals surface area contributed by atoms with Crippen molar-refractivity contribution in [3.63, 3.8) is 0 Å². The van der Waals surface area contributed by atoms with Crippen molar-refractivity contribution < 1.29 is 4.79 Å². The smallest absolute Gasteiger partial charge is 0.205 e. The lowest BCUT2D eigenvalue weighted by atomic mass is 10.2. The molecule has 1 aromatic rings. The van der Waals surface area contributed by atoms with Gasteiger partial charge >= 0.3 is 0 Å². The maximum Gasteiger partial charge on any atom is 0.205 e. The third-order valence-corrected chi connectivity index (χ3v) is 2.63. The topological polar surface area (TPSA) is 34.9 Å². The van der Waals surface area contributed by atoms with Crippen molar-refractivity contribution in [3.05, 3.63) is 18.2 Å². The first kappa shape index (κ1) is 12.4. The van der Waals surface area contributed by atoms with Crippen LogP contribution < -0.4 is 0 Å². The number of hydrogen-bond donors (Lipinski definition) is 0. The Kier molecular flexibility index (Phi) is 5.61. The molecule has 4 heteroatoms. The van der Waals surface area contributed by atoms with Crippen molar-refractivity contribution in [1.29, 1.82) is 0 Å². The number of nitrogens with zero attached hydrogens (tertiary/aromatic N) is 2. The molecule has 0 radical (unpaired) electrons. The van der Waals surface area contributed by atoms with Crippen LogP contribution in [0.4, 0.5) is 0 Å². The number of aromatic nitrogens is 2. The van der Waals surface area contributed by atoms with E-state index in [4.69, 9.17) is 0 Å². The molecule has 0 saturated carbocycles. The van der Waals surface area contributed by atoms with Crippen LogP contribution in [-0.2, 0) is 17.8 Å². The standard InChI is InChI=1S/C11H17BrN2O/c1-2-3-4-5-7-14-8-6-13-11(14)9-10(12)15/h6,8H,2-5,7,9H2,1H3. The summed E-state index contributed by atoms with van der Waals surface area (Å²) in [6.07, 6.45) is 9.01. The summed E-state index contributed by atoms with van der Waals surface area (Å²) in [6.45, 7) is 3.17. The fourth-order valence-electron chi connectivity index (χ4n) is 1.54. The second-order valence-corrected chi connectivity index (χ2v) is 4.51. The minimum Gasteiger partial charge on any atom is -0.335 e. The Morgan fingerprint density at radius 2 is 2.27 bits per heavy atom. The van der Waals surface area contributed by atoms with Crippen LogP contribution in [0.25, 0.3) is 0 Å². The molecule has 0 bridgehead atoms. The van der Waals surface area contributed by atoms with Gasteiger partial charge in [0.05, 0.1) is 6.42 Å². The quantitative estimate of drug-likeness (QED) is 0.565. The summed E-state index contributed by atoms with van der Waals surface area (Å²) in [6, 6.07) is 0. The highest BCUT2D eigenvalue weighted by Gasteiger charge is 2.05. The first-order valence-electron chi connectivity index (χ1n) is 5.42. The summed E-state index contributed by atoms with van der Waals surface area (Å²) >= 11 is 2.93. The van der Waals surface area contributed by atoms with Crippen LogP contribution in [0.2, 0.25) is 0 Å². The number of imidazole rings is 1. The van der Waals surface area contributed by atoms with Crippen molar-refractivity contribution in [2.45, 2.75) is 45.6 Å². The highest BCUT2D eigenvalue weighted by Crippen LogP contribution is 2.06. The van der Waals surface area contributed by atoms with E-state index in [0.717, 1.165) is 18.8 Å². The van der Waals surface area contributed by atoms with E-state index in [1.165, 1.54) is 19.3 Å². The fraction of sp³-hybridized carbons (Fsp3) is 0.636. The molecule has 0 aliphatic rings. The van der Waals surface area contributed by atoms with Crippen LogP contribution in [-0.4, -0.2) is 14.2 Å². The third kappa shape index (κ3) is 4.60. The number of unbranched alkanes of at least 4 members (excludes halogenated alkanes) is 3. The Balaban J connectivity index is 2.39. The van der Waals surface area contributed by atoms with E-state index in [2.05, 4.69) is 32.4 Å². The highest BCUT2D eigenvalue weighted by atomic mass is 79.9. The predicted molar refractivity (Wildman–Crippen MR) is 64.0 cm³/mol. The van der Waals surface area contributed by atoms with Crippen molar-refractivity contribution in [3.8, 4) is 0 Å². The zero-order chi connectivity index (χ0) is 11.1. The Bertz CT molecular complexity index is 309. The van der Waals surface area contributed by atoms with Gasteiger partial charge in [-0.25, -0.2) is 4.98 Å². The Morgan fingerprint density at radius 3 is 2.93 bits per heavy atom. The lowest BCUT2D eigenvalue weighted by Gasteiger charge is -2.05. The minimum absolute atomic E-state index is 0.0106. The molecule has 1 heterocycles. The molecule has 0 aromatic carbocycles. The van der Waals surface area contributed by atoms with E-state index in [1.807, 2.05) is 6.20 Å². The largest absolute Gasteiger partial charge is 0.335 e. The van der Waals surface area contributed by atoms with Gasteiger partial charge in [0.25, 0.3) is 0 Å². The Morgan fingerprint density at radius 1 is 1.47 bits per heavy atom. The van der Waals surface area contributed by atoms with Gasteiger partial charge in [-0.2, -0.15) is 0 Å². The van der Waals surface area contributed by atoms with E-state index < -0.39 is 0 Å². The van der Waals surface area contributed by atoms with Crippen LogP contribution in [0.5, 0.6) is 0 Å². The molecular weight excluding hydrogens is 256 g/mol. The molecule has 3 nitrogen and oxygen atoms in total. The van der Waals surface area contributed by atoms with Crippen LogP contribution in [0.3, 0.4) is 0 Å². The molecule has 0 fully saturated rings. The van der Waals surface area contributed by atoms with Crippen LogP contribution in [0.15, 0.2) is 12.4 Å². The van der Waals surface area contributed by atoms with Crippen molar-refractivity contribution >= 4 is 20.6 Å². The summed E-state index contributed by atoms with van der Waals surface area (Å²) in [7, 11) is 0. The number of halogens is 1. The summed E-state index contributed by atoms with van der Waals surface area (Å²) in [5.74, 6) is 0.855. The van der Waals surface area contributed by atoms with Crippen LogP contribution in [0, 0.1) is 0 Å². The summed E-state index contributed by atoms with van der Waals surface area (Å²) in [4.78, 5) is 15.1. The van der Waals surface area contributed by atoms with Crippen molar-refractivity contribution in [1.82, 2.24) is 9.55 Å². The first-order chi connectivity index (χ1) is 7.24. The number of hydrogen-bond acceptors (Lipinski definition) is 2. The zero-order valence-electron chi connectivity index (χ0n) is 9.08.